The van der Waals surface area contributed by atoms with Crippen molar-refractivity contribution < 1.29 is 4.74 Å². The highest BCUT2D eigenvalue weighted by Crippen LogP contribution is 2.22. The molecule has 2 rings (SSSR count). The van der Waals surface area contributed by atoms with Gasteiger partial charge in [-0.15, -0.1) is 0 Å². The van der Waals surface area contributed by atoms with Gasteiger partial charge < -0.3 is 10.1 Å². The number of ether oxygens (including phenoxy) is 1. The molecule has 98 valence electrons. The first-order valence-corrected chi connectivity index (χ1v) is 6.95. The number of aromatic nitrogens is 2. The summed E-state index contributed by atoms with van der Waals surface area (Å²) in [7, 11) is 5.54. The highest BCUT2D eigenvalue weighted by atomic mass is 32.1. The predicted octanol–water partition coefficient (Wildman–Crippen LogP) is 2.38. The lowest BCUT2D eigenvalue weighted by atomic mass is 10.1. The molecule has 1 atom stereocenters. The number of nitrogens with zero attached hydrogens (tertiary/aromatic N) is 2. The van der Waals surface area contributed by atoms with E-state index >= 15 is 0 Å². The van der Waals surface area contributed by atoms with Gasteiger partial charge in [0.15, 0.2) is 0 Å². The van der Waals surface area contributed by atoms with Crippen LogP contribution in [0.15, 0.2) is 22.9 Å². The van der Waals surface area contributed by atoms with Crippen LogP contribution in [0.25, 0.3) is 0 Å². The Morgan fingerprint density at radius 1 is 1.56 bits per heavy atom. The van der Waals surface area contributed by atoms with Crippen molar-refractivity contribution in [2.24, 2.45) is 7.05 Å². The lowest BCUT2D eigenvalue weighted by Crippen LogP contribution is -2.17. The van der Waals surface area contributed by atoms with Gasteiger partial charge in [0, 0.05) is 13.1 Å². The molecule has 0 fully saturated rings. The van der Waals surface area contributed by atoms with Gasteiger partial charge in [0.05, 0.1) is 18.8 Å². The van der Waals surface area contributed by atoms with E-state index in [0.717, 1.165) is 24.4 Å². The fourth-order valence-electron chi connectivity index (χ4n) is 2.02. The summed E-state index contributed by atoms with van der Waals surface area (Å²) in [5.41, 5.74) is 2.43. The van der Waals surface area contributed by atoms with E-state index < -0.39 is 0 Å². The van der Waals surface area contributed by atoms with Crippen molar-refractivity contribution in [2.75, 3.05) is 14.2 Å². The topological polar surface area (TPSA) is 39.1 Å². The SMILES string of the molecule is CNC(CCc1ccsc1)c1cc(OC)n(C)n1. The van der Waals surface area contributed by atoms with Crippen molar-refractivity contribution in [2.45, 2.75) is 18.9 Å². The average molecular weight is 265 g/mol. The first-order chi connectivity index (χ1) is 8.74. The highest BCUT2D eigenvalue weighted by molar-refractivity contribution is 7.07. The minimum absolute atomic E-state index is 0.264. The largest absolute Gasteiger partial charge is 0.481 e. The molecule has 0 aliphatic heterocycles. The summed E-state index contributed by atoms with van der Waals surface area (Å²) in [6.07, 6.45) is 2.10. The van der Waals surface area contributed by atoms with Crippen molar-refractivity contribution in [1.82, 2.24) is 15.1 Å². The molecular weight excluding hydrogens is 246 g/mol. The van der Waals surface area contributed by atoms with Crippen LogP contribution in [0.3, 0.4) is 0 Å². The Bertz CT molecular complexity index is 478. The normalized spacial score (nSPS) is 12.6. The molecule has 1 N–H and O–H groups in total. The molecular formula is C13H19N3OS. The summed E-state index contributed by atoms with van der Waals surface area (Å²) in [5, 5.41) is 12.1. The summed E-state index contributed by atoms with van der Waals surface area (Å²) in [6, 6.07) is 4.44. The summed E-state index contributed by atoms with van der Waals surface area (Å²) in [5.74, 6) is 0.792. The maximum absolute atomic E-state index is 5.25. The zero-order valence-electron chi connectivity index (χ0n) is 11.0. The highest BCUT2D eigenvalue weighted by Gasteiger charge is 2.15. The van der Waals surface area contributed by atoms with Gasteiger partial charge in [-0.05, 0) is 42.3 Å². The quantitative estimate of drug-likeness (QED) is 0.871. The second-order valence-electron chi connectivity index (χ2n) is 4.25. The van der Waals surface area contributed by atoms with Gasteiger partial charge in [0.25, 0.3) is 0 Å². The Morgan fingerprint density at radius 3 is 2.94 bits per heavy atom. The number of nitrogens with one attached hydrogen (secondary N) is 1. The Kier molecular flexibility index (Phi) is 4.38. The molecule has 0 bridgehead atoms. The molecule has 2 heterocycles. The fourth-order valence-corrected chi connectivity index (χ4v) is 2.72. The number of aryl methyl sites for hydroxylation is 2. The lowest BCUT2D eigenvalue weighted by Gasteiger charge is -2.12. The predicted molar refractivity (Wildman–Crippen MR) is 74.2 cm³/mol. The molecule has 4 nitrogen and oxygen atoms in total. The van der Waals surface area contributed by atoms with Crippen LogP contribution in [0.1, 0.15) is 23.7 Å². The van der Waals surface area contributed by atoms with Gasteiger partial charge in [0.1, 0.15) is 0 Å². The molecule has 1 unspecified atom stereocenters. The first-order valence-electron chi connectivity index (χ1n) is 6.01. The molecule has 0 aromatic carbocycles. The number of thiophene rings is 1. The van der Waals surface area contributed by atoms with E-state index in [-0.39, 0.29) is 6.04 Å². The van der Waals surface area contributed by atoms with Crippen LogP contribution >= 0.6 is 11.3 Å². The molecule has 18 heavy (non-hydrogen) atoms. The van der Waals surface area contributed by atoms with Crippen LogP contribution < -0.4 is 10.1 Å². The van der Waals surface area contributed by atoms with Crippen LogP contribution in [0, 0.1) is 0 Å². The Labute approximate surface area is 112 Å². The Balaban J connectivity index is 2.03. The average Bonchev–Trinajstić information content (AvgIpc) is 2.99. The standard InChI is InChI=1S/C13H19N3OS/c1-14-11(5-4-10-6-7-18-9-10)12-8-13(17-3)16(2)15-12/h6-9,11,14H,4-5H2,1-3H3. The molecule has 0 aliphatic carbocycles. The van der Waals surface area contributed by atoms with Crippen LogP contribution in [0.2, 0.25) is 0 Å². The number of methoxy groups -OCH3 is 1. The van der Waals surface area contributed by atoms with Crippen LogP contribution in [0.5, 0.6) is 5.88 Å². The Hall–Kier alpha value is -1.33. The van der Waals surface area contributed by atoms with Crippen LogP contribution in [-0.2, 0) is 13.5 Å². The van der Waals surface area contributed by atoms with Crippen LogP contribution in [0.4, 0.5) is 0 Å². The number of hydrogen-bond donors (Lipinski definition) is 1. The second-order valence-corrected chi connectivity index (χ2v) is 5.03. The molecule has 0 aliphatic rings. The summed E-state index contributed by atoms with van der Waals surface area (Å²) in [4.78, 5) is 0. The zero-order valence-corrected chi connectivity index (χ0v) is 11.8. The maximum atomic E-state index is 5.25. The second kappa shape index (κ2) is 6.02. The first kappa shape index (κ1) is 13.1. The number of hydrogen-bond acceptors (Lipinski definition) is 4. The van der Waals surface area contributed by atoms with Crippen molar-refractivity contribution >= 4 is 11.3 Å². The maximum Gasteiger partial charge on any atom is 0.211 e. The van der Waals surface area contributed by atoms with E-state index in [4.69, 9.17) is 4.74 Å². The fraction of sp³-hybridized carbons (Fsp3) is 0.462. The van der Waals surface area contributed by atoms with Crippen molar-refractivity contribution in [3.63, 3.8) is 0 Å². The summed E-state index contributed by atoms with van der Waals surface area (Å²) >= 11 is 1.74. The minimum Gasteiger partial charge on any atom is -0.481 e. The molecule has 0 amide bonds. The smallest absolute Gasteiger partial charge is 0.211 e. The van der Waals surface area contributed by atoms with E-state index in [1.54, 1.807) is 23.1 Å². The van der Waals surface area contributed by atoms with E-state index in [9.17, 15) is 0 Å². The molecule has 0 spiro atoms. The van der Waals surface area contributed by atoms with E-state index in [1.165, 1.54) is 5.56 Å². The Morgan fingerprint density at radius 2 is 2.39 bits per heavy atom. The van der Waals surface area contributed by atoms with Gasteiger partial charge in [-0.3, -0.25) is 0 Å². The third kappa shape index (κ3) is 2.91. The monoisotopic (exact) mass is 265 g/mol. The molecule has 2 aromatic heterocycles. The van der Waals surface area contributed by atoms with Crippen molar-refractivity contribution in [3.8, 4) is 5.88 Å². The van der Waals surface area contributed by atoms with Gasteiger partial charge >= 0.3 is 0 Å². The van der Waals surface area contributed by atoms with Gasteiger partial charge in [0.2, 0.25) is 5.88 Å². The minimum atomic E-state index is 0.264. The lowest BCUT2D eigenvalue weighted by molar-refractivity contribution is 0.373. The van der Waals surface area contributed by atoms with E-state index in [1.807, 2.05) is 20.2 Å². The van der Waals surface area contributed by atoms with Crippen LogP contribution in [-0.4, -0.2) is 23.9 Å². The van der Waals surface area contributed by atoms with Gasteiger partial charge in [-0.25, -0.2) is 4.68 Å². The van der Waals surface area contributed by atoms with E-state index in [0.29, 0.717) is 0 Å². The van der Waals surface area contributed by atoms with Gasteiger partial charge in [-0.1, -0.05) is 0 Å². The van der Waals surface area contributed by atoms with E-state index in [2.05, 4.69) is 27.2 Å². The third-order valence-electron chi connectivity index (χ3n) is 3.07. The van der Waals surface area contributed by atoms with Crippen molar-refractivity contribution in [3.05, 3.63) is 34.2 Å². The molecule has 5 heteroatoms. The summed E-state index contributed by atoms with van der Waals surface area (Å²) in [6.45, 7) is 0. The molecule has 2 aromatic rings. The van der Waals surface area contributed by atoms with Gasteiger partial charge in [-0.2, -0.15) is 16.4 Å². The molecule has 0 saturated carbocycles. The number of rotatable bonds is 6. The third-order valence-corrected chi connectivity index (χ3v) is 3.80. The molecule has 0 saturated heterocycles. The van der Waals surface area contributed by atoms with Crippen molar-refractivity contribution in [1.29, 1.82) is 0 Å². The summed E-state index contributed by atoms with van der Waals surface area (Å²) < 4.78 is 7.01. The molecule has 0 radical (unpaired) electrons. The zero-order chi connectivity index (χ0) is 13.0.